The van der Waals surface area contributed by atoms with Crippen LogP contribution in [-0.2, 0) is 19.1 Å². The zero-order valence-electron chi connectivity index (χ0n) is 25.6. The van der Waals surface area contributed by atoms with Gasteiger partial charge in [0.05, 0.1) is 13.2 Å². The maximum Gasteiger partial charge on any atom is 0.431 e. The summed E-state index contributed by atoms with van der Waals surface area (Å²) in [6.07, 6.45) is 20.7. The normalized spacial score (nSPS) is 12.8. The Balaban J connectivity index is 4.25. The summed E-state index contributed by atoms with van der Waals surface area (Å²) in [7, 11) is 3.36. The first kappa shape index (κ1) is 36.3. The third kappa shape index (κ3) is 15.7. The van der Waals surface area contributed by atoms with E-state index in [4.69, 9.17) is 9.47 Å². The van der Waals surface area contributed by atoms with Gasteiger partial charge in [-0.15, -0.1) is 0 Å². The Labute approximate surface area is 233 Å². The lowest BCUT2D eigenvalue weighted by Crippen LogP contribution is -2.71. The molecular weight excluding hydrogens is 482 g/mol. The predicted octanol–water partition coefficient (Wildman–Crippen LogP) is 7.01. The fourth-order valence-corrected chi connectivity index (χ4v) is 4.63. The molecule has 0 rings (SSSR count). The minimum atomic E-state index is -1.49. The first-order valence-corrected chi connectivity index (χ1v) is 15.2. The van der Waals surface area contributed by atoms with Crippen molar-refractivity contribution in [1.82, 2.24) is 15.3 Å². The van der Waals surface area contributed by atoms with Crippen molar-refractivity contribution in [1.29, 1.82) is 0 Å². The monoisotopic (exact) mass is 541 g/mol. The van der Waals surface area contributed by atoms with Crippen molar-refractivity contribution in [2.45, 2.75) is 143 Å². The second-order valence-electron chi connectivity index (χ2n) is 10.7. The summed E-state index contributed by atoms with van der Waals surface area (Å²) in [4.78, 5) is 39.0. The first-order valence-electron chi connectivity index (χ1n) is 15.2. The van der Waals surface area contributed by atoms with E-state index in [0.29, 0.717) is 13.0 Å². The van der Waals surface area contributed by atoms with E-state index < -0.39 is 17.7 Å². The van der Waals surface area contributed by atoms with Crippen molar-refractivity contribution in [3.63, 3.8) is 0 Å². The number of likely N-dealkylation sites (N-methyl/N-ethyl adjacent to an activating group) is 1. The second-order valence-corrected chi connectivity index (χ2v) is 10.7. The number of nitrogens with one attached hydrogen (secondary N) is 1. The van der Waals surface area contributed by atoms with Crippen molar-refractivity contribution in [3.8, 4) is 0 Å². The molecule has 0 saturated heterocycles. The molecule has 1 unspecified atom stereocenters. The van der Waals surface area contributed by atoms with Gasteiger partial charge in [0, 0.05) is 13.5 Å². The standard InChI is InChI=1S/C30H59N3O5/c1-7-9-10-11-12-13-14-15-16-17-18-19-20-21-22-23-25-37-26-30(27(3)34,32(5)6)33(31-28(4)35)29(36)38-24-8-2/h7-26H2,1-6H3,(H,31,35). The lowest BCUT2D eigenvalue weighted by molar-refractivity contribution is -0.157. The molecule has 0 heterocycles. The summed E-state index contributed by atoms with van der Waals surface area (Å²) in [5, 5.41) is 0.973. The molecule has 0 spiro atoms. The Kier molecular flexibility index (Phi) is 22.2. The molecule has 0 aromatic rings. The molecule has 1 N–H and O–H groups in total. The van der Waals surface area contributed by atoms with Crippen LogP contribution < -0.4 is 5.43 Å². The number of ether oxygens (including phenoxy) is 2. The van der Waals surface area contributed by atoms with Crippen LogP contribution in [0.4, 0.5) is 4.79 Å². The summed E-state index contributed by atoms with van der Waals surface area (Å²) in [6.45, 7) is 7.44. The number of nitrogens with zero attached hydrogens (tertiary/aromatic N) is 2. The van der Waals surface area contributed by atoms with Crippen molar-refractivity contribution in [2.24, 2.45) is 0 Å². The van der Waals surface area contributed by atoms with Gasteiger partial charge in [0.15, 0.2) is 5.78 Å². The average molecular weight is 542 g/mol. The largest absolute Gasteiger partial charge is 0.448 e. The lowest BCUT2D eigenvalue weighted by atomic mass is 10.0. The van der Waals surface area contributed by atoms with Gasteiger partial charge >= 0.3 is 6.09 Å². The zero-order valence-corrected chi connectivity index (χ0v) is 25.6. The molecule has 2 amide bonds. The highest BCUT2D eigenvalue weighted by Gasteiger charge is 2.48. The number of hydrogen-bond acceptors (Lipinski definition) is 6. The summed E-state index contributed by atoms with van der Waals surface area (Å²) in [5.41, 5.74) is 0.984. The van der Waals surface area contributed by atoms with Gasteiger partial charge < -0.3 is 9.47 Å². The summed E-state index contributed by atoms with van der Waals surface area (Å²) in [6, 6.07) is 0. The van der Waals surface area contributed by atoms with Gasteiger partial charge in [-0.2, -0.15) is 5.01 Å². The number of carbonyl (C=O) groups excluding carboxylic acids is 3. The first-order chi connectivity index (χ1) is 18.2. The van der Waals surface area contributed by atoms with E-state index in [1.54, 1.807) is 19.0 Å². The van der Waals surface area contributed by atoms with Gasteiger partial charge in [-0.3, -0.25) is 19.9 Å². The summed E-state index contributed by atoms with van der Waals surface area (Å²) >= 11 is 0. The van der Waals surface area contributed by atoms with E-state index in [-0.39, 0.29) is 19.0 Å². The SMILES string of the molecule is CCCCCCCCCCCCCCCCCCOCC(C(C)=O)(N(C)C)N(NC(C)=O)C(=O)OCCC. The van der Waals surface area contributed by atoms with Crippen molar-refractivity contribution < 1.29 is 23.9 Å². The van der Waals surface area contributed by atoms with E-state index in [9.17, 15) is 14.4 Å². The van der Waals surface area contributed by atoms with Crippen LogP contribution >= 0.6 is 0 Å². The number of hydrazine groups is 1. The fourth-order valence-electron chi connectivity index (χ4n) is 4.63. The number of unbranched alkanes of at least 4 members (excludes halogenated alkanes) is 15. The third-order valence-electron chi connectivity index (χ3n) is 7.00. The number of carbonyl (C=O) groups is 3. The number of ketones is 1. The maximum absolute atomic E-state index is 12.8. The van der Waals surface area contributed by atoms with Crippen LogP contribution in [0, 0.1) is 0 Å². The van der Waals surface area contributed by atoms with Crippen LogP contribution in [0.25, 0.3) is 0 Å². The Bertz CT molecular complexity index is 629. The number of rotatable bonds is 24. The summed E-state index contributed by atoms with van der Waals surface area (Å²) < 4.78 is 11.1. The smallest absolute Gasteiger partial charge is 0.431 e. The molecule has 0 saturated carbocycles. The van der Waals surface area contributed by atoms with Crippen LogP contribution in [0.1, 0.15) is 137 Å². The van der Waals surface area contributed by atoms with Gasteiger partial charge in [0.25, 0.3) is 0 Å². The van der Waals surface area contributed by atoms with Crippen LogP contribution in [0.2, 0.25) is 0 Å². The molecule has 0 aliphatic rings. The maximum atomic E-state index is 12.8. The summed E-state index contributed by atoms with van der Waals surface area (Å²) in [5.74, 6) is -0.791. The zero-order chi connectivity index (χ0) is 28.7. The molecule has 0 aromatic carbocycles. The van der Waals surface area contributed by atoms with E-state index in [0.717, 1.165) is 17.9 Å². The van der Waals surface area contributed by atoms with Crippen LogP contribution in [-0.4, -0.2) is 67.3 Å². The van der Waals surface area contributed by atoms with Crippen LogP contribution in [0.5, 0.6) is 0 Å². The van der Waals surface area contributed by atoms with E-state index in [2.05, 4.69) is 12.3 Å². The molecular formula is C30H59N3O5. The van der Waals surface area contributed by atoms with Gasteiger partial charge in [0.1, 0.15) is 0 Å². The fraction of sp³-hybridized carbons (Fsp3) is 0.900. The quantitative estimate of drug-likeness (QED) is 0.0803. The highest BCUT2D eigenvalue weighted by Crippen LogP contribution is 2.21. The molecule has 224 valence electrons. The molecule has 0 radical (unpaired) electrons. The molecule has 1 atom stereocenters. The van der Waals surface area contributed by atoms with Crippen LogP contribution in [0.15, 0.2) is 0 Å². The lowest BCUT2D eigenvalue weighted by Gasteiger charge is -2.44. The molecule has 38 heavy (non-hydrogen) atoms. The van der Waals surface area contributed by atoms with Gasteiger partial charge in [-0.25, -0.2) is 4.79 Å². The molecule has 0 aromatic heterocycles. The average Bonchev–Trinajstić information content (AvgIpc) is 2.87. The minimum absolute atomic E-state index is 0.0599. The van der Waals surface area contributed by atoms with Crippen molar-refractivity contribution in [2.75, 3.05) is 33.9 Å². The minimum Gasteiger partial charge on any atom is -0.448 e. The molecule has 0 bridgehead atoms. The van der Waals surface area contributed by atoms with Gasteiger partial charge in [0.2, 0.25) is 11.6 Å². The number of hydrogen-bond donors (Lipinski definition) is 1. The number of amides is 2. The Morgan fingerprint density at radius 2 is 1.11 bits per heavy atom. The van der Waals surface area contributed by atoms with Gasteiger partial charge in [-0.1, -0.05) is 110 Å². The van der Waals surface area contributed by atoms with Gasteiger partial charge in [-0.05, 0) is 33.9 Å². The molecule has 8 nitrogen and oxygen atoms in total. The highest BCUT2D eigenvalue weighted by atomic mass is 16.6. The Hall–Kier alpha value is -1.67. The third-order valence-corrected chi connectivity index (χ3v) is 7.00. The molecule has 0 fully saturated rings. The Morgan fingerprint density at radius 1 is 0.658 bits per heavy atom. The van der Waals surface area contributed by atoms with E-state index in [1.165, 1.54) is 104 Å². The van der Waals surface area contributed by atoms with E-state index in [1.807, 2.05) is 6.92 Å². The highest BCUT2D eigenvalue weighted by molar-refractivity contribution is 5.90. The van der Waals surface area contributed by atoms with E-state index >= 15 is 0 Å². The number of Topliss-reactive ketones (excluding diaryl/α,β-unsaturated/α-hetero) is 1. The molecule has 8 heteroatoms. The molecule has 0 aliphatic carbocycles. The second kappa shape index (κ2) is 23.2. The predicted molar refractivity (Wildman–Crippen MR) is 155 cm³/mol. The van der Waals surface area contributed by atoms with Crippen molar-refractivity contribution >= 4 is 17.8 Å². The topological polar surface area (TPSA) is 88.2 Å². The molecule has 0 aliphatic heterocycles. The van der Waals surface area contributed by atoms with Crippen LogP contribution in [0.3, 0.4) is 0 Å². The Morgan fingerprint density at radius 3 is 1.47 bits per heavy atom. The van der Waals surface area contributed by atoms with Crippen molar-refractivity contribution in [3.05, 3.63) is 0 Å².